The molecule has 0 atom stereocenters. The van der Waals surface area contributed by atoms with Crippen LogP contribution in [0.4, 0.5) is 11.4 Å². The van der Waals surface area contributed by atoms with Crippen molar-refractivity contribution in [3.8, 4) is 0 Å². The molecule has 0 radical (unpaired) electrons. The quantitative estimate of drug-likeness (QED) is 0.773. The highest BCUT2D eigenvalue weighted by Crippen LogP contribution is 2.18. The molecule has 0 unspecified atom stereocenters. The van der Waals surface area contributed by atoms with Gasteiger partial charge in [-0.05, 0) is 31.2 Å². The van der Waals surface area contributed by atoms with Crippen LogP contribution in [0.5, 0.6) is 0 Å². The van der Waals surface area contributed by atoms with Gasteiger partial charge in [-0.1, -0.05) is 0 Å². The molecule has 110 valence electrons. The van der Waals surface area contributed by atoms with Gasteiger partial charge in [0, 0.05) is 44.2 Å². The van der Waals surface area contributed by atoms with Crippen LogP contribution in [-0.4, -0.2) is 45.3 Å². The first-order valence-corrected chi connectivity index (χ1v) is 7.23. The topological polar surface area (TPSA) is 53.6 Å². The molecule has 0 bridgehead atoms. The Morgan fingerprint density at radius 3 is 2.65 bits per heavy atom. The highest BCUT2D eigenvalue weighted by Gasteiger charge is 2.10. The number of benzene rings is 1. The van der Waals surface area contributed by atoms with Crippen molar-refractivity contribution in [2.45, 2.75) is 13.3 Å². The largest absolute Gasteiger partial charge is 0.381 e. The first-order valence-electron chi connectivity index (χ1n) is 7.23. The molecule has 0 aromatic heterocycles. The van der Waals surface area contributed by atoms with E-state index >= 15 is 0 Å². The summed E-state index contributed by atoms with van der Waals surface area (Å²) in [5.41, 5.74) is 2.05. The second kappa shape index (κ2) is 7.87. The summed E-state index contributed by atoms with van der Waals surface area (Å²) in [6, 6.07) is 8.03. The van der Waals surface area contributed by atoms with E-state index in [1.54, 1.807) is 0 Å². The first kappa shape index (κ1) is 14.8. The zero-order valence-corrected chi connectivity index (χ0v) is 12.0. The van der Waals surface area contributed by atoms with Crippen LogP contribution in [0.3, 0.4) is 0 Å². The van der Waals surface area contributed by atoms with Crippen molar-refractivity contribution in [1.29, 1.82) is 0 Å². The van der Waals surface area contributed by atoms with Gasteiger partial charge in [0.25, 0.3) is 0 Å². The van der Waals surface area contributed by atoms with Crippen molar-refractivity contribution in [2.24, 2.45) is 0 Å². The highest BCUT2D eigenvalue weighted by atomic mass is 16.5. The number of rotatable bonds is 6. The van der Waals surface area contributed by atoms with E-state index in [-0.39, 0.29) is 5.91 Å². The van der Waals surface area contributed by atoms with Crippen LogP contribution < -0.4 is 15.5 Å². The first-order chi connectivity index (χ1) is 9.79. The number of ether oxygens (including phenoxy) is 1. The molecule has 1 fully saturated rings. The second-order valence-electron chi connectivity index (χ2n) is 4.78. The average Bonchev–Trinajstić information content (AvgIpc) is 2.49. The zero-order chi connectivity index (χ0) is 14.2. The van der Waals surface area contributed by atoms with Gasteiger partial charge >= 0.3 is 0 Å². The van der Waals surface area contributed by atoms with Gasteiger partial charge in [0.2, 0.25) is 5.91 Å². The van der Waals surface area contributed by atoms with E-state index in [2.05, 4.69) is 27.7 Å². The fourth-order valence-corrected chi connectivity index (χ4v) is 2.21. The average molecular weight is 277 g/mol. The van der Waals surface area contributed by atoms with E-state index < -0.39 is 0 Å². The maximum atomic E-state index is 11.7. The third-order valence-corrected chi connectivity index (χ3v) is 3.31. The smallest absolute Gasteiger partial charge is 0.226 e. The van der Waals surface area contributed by atoms with Gasteiger partial charge in [-0.15, -0.1) is 0 Å². The van der Waals surface area contributed by atoms with Crippen LogP contribution in [0, 0.1) is 0 Å². The molecule has 1 aliphatic heterocycles. The molecule has 5 nitrogen and oxygen atoms in total. The Balaban J connectivity index is 1.83. The van der Waals surface area contributed by atoms with E-state index in [0.29, 0.717) is 19.6 Å². The van der Waals surface area contributed by atoms with Crippen molar-refractivity contribution in [3.05, 3.63) is 24.3 Å². The number of carbonyl (C=O) groups excluding carboxylic acids is 1. The van der Waals surface area contributed by atoms with Crippen LogP contribution in [0.1, 0.15) is 13.3 Å². The fraction of sp³-hybridized carbons (Fsp3) is 0.533. The maximum absolute atomic E-state index is 11.7. The lowest BCUT2D eigenvalue weighted by Crippen LogP contribution is -2.43. The number of amides is 1. The van der Waals surface area contributed by atoms with Gasteiger partial charge in [-0.25, -0.2) is 0 Å². The Labute approximate surface area is 120 Å². The van der Waals surface area contributed by atoms with Gasteiger partial charge < -0.3 is 20.3 Å². The van der Waals surface area contributed by atoms with Gasteiger partial charge in [-0.2, -0.15) is 0 Å². The number of nitrogens with zero attached hydrogens (tertiary/aromatic N) is 1. The SMILES string of the molecule is CCOCCC(=O)Nc1ccc(N2CCNCC2)cc1. The van der Waals surface area contributed by atoms with Crippen molar-refractivity contribution < 1.29 is 9.53 Å². The van der Waals surface area contributed by atoms with E-state index in [4.69, 9.17) is 4.74 Å². The Hall–Kier alpha value is -1.59. The lowest BCUT2D eigenvalue weighted by Gasteiger charge is -2.29. The molecule has 5 heteroatoms. The maximum Gasteiger partial charge on any atom is 0.226 e. The van der Waals surface area contributed by atoms with E-state index in [9.17, 15) is 4.79 Å². The molecular weight excluding hydrogens is 254 g/mol. The molecule has 1 heterocycles. The summed E-state index contributed by atoms with van der Waals surface area (Å²) in [6.07, 6.45) is 0.396. The molecule has 20 heavy (non-hydrogen) atoms. The predicted molar refractivity (Wildman–Crippen MR) is 81.3 cm³/mol. The molecule has 0 saturated carbocycles. The van der Waals surface area contributed by atoms with Gasteiger partial charge in [-0.3, -0.25) is 4.79 Å². The minimum absolute atomic E-state index is 0.00614. The summed E-state index contributed by atoms with van der Waals surface area (Å²) in [5.74, 6) is -0.00614. The van der Waals surface area contributed by atoms with Gasteiger partial charge in [0.15, 0.2) is 0 Å². The summed E-state index contributed by atoms with van der Waals surface area (Å²) >= 11 is 0. The third kappa shape index (κ3) is 4.51. The molecule has 2 rings (SSSR count). The van der Waals surface area contributed by atoms with Crippen LogP contribution in [0.2, 0.25) is 0 Å². The number of piperazine rings is 1. The Morgan fingerprint density at radius 2 is 2.00 bits per heavy atom. The van der Waals surface area contributed by atoms with Gasteiger partial charge in [0.05, 0.1) is 13.0 Å². The Morgan fingerprint density at radius 1 is 1.30 bits per heavy atom. The van der Waals surface area contributed by atoms with Gasteiger partial charge in [0.1, 0.15) is 0 Å². The fourth-order valence-electron chi connectivity index (χ4n) is 2.21. The summed E-state index contributed by atoms with van der Waals surface area (Å²) in [6.45, 7) is 7.15. The van der Waals surface area contributed by atoms with E-state index in [0.717, 1.165) is 31.9 Å². The number of hydrogen-bond acceptors (Lipinski definition) is 4. The zero-order valence-electron chi connectivity index (χ0n) is 12.0. The highest BCUT2D eigenvalue weighted by molar-refractivity contribution is 5.90. The normalized spacial score (nSPS) is 15.2. The third-order valence-electron chi connectivity index (χ3n) is 3.31. The molecule has 1 aromatic rings. The molecule has 2 N–H and O–H groups in total. The van der Waals surface area contributed by atoms with Crippen molar-refractivity contribution >= 4 is 17.3 Å². The Kier molecular flexibility index (Phi) is 5.83. The predicted octanol–water partition coefficient (Wildman–Crippen LogP) is 1.46. The summed E-state index contributed by atoms with van der Waals surface area (Å²) in [5, 5.41) is 6.22. The number of hydrogen-bond donors (Lipinski definition) is 2. The van der Waals surface area contributed by atoms with Crippen molar-refractivity contribution in [3.63, 3.8) is 0 Å². The standard InChI is InChI=1S/C15H23N3O2/c1-2-20-12-7-15(19)17-13-3-5-14(6-4-13)18-10-8-16-9-11-18/h3-6,16H,2,7-12H2,1H3,(H,17,19). The second-order valence-corrected chi connectivity index (χ2v) is 4.78. The molecule has 0 spiro atoms. The molecule has 1 amide bonds. The molecule has 1 aliphatic rings. The van der Waals surface area contributed by atoms with E-state index in [1.807, 2.05) is 19.1 Å². The molecule has 0 aliphatic carbocycles. The molecule has 1 saturated heterocycles. The lowest BCUT2D eigenvalue weighted by molar-refractivity contribution is -0.117. The summed E-state index contributed by atoms with van der Waals surface area (Å²) < 4.78 is 5.17. The number of nitrogens with one attached hydrogen (secondary N) is 2. The lowest BCUT2D eigenvalue weighted by atomic mass is 10.2. The van der Waals surface area contributed by atoms with E-state index in [1.165, 1.54) is 5.69 Å². The van der Waals surface area contributed by atoms with Crippen LogP contribution in [-0.2, 0) is 9.53 Å². The summed E-state index contributed by atoms with van der Waals surface area (Å²) in [4.78, 5) is 14.0. The van der Waals surface area contributed by atoms with Crippen LogP contribution >= 0.6 is 0 Å². The Bertz CT molecular complexity index is 414. The minimum atomic E-state index is -0.00614. The number of carbonyl (C=O) groups is 1. The molecule has 1 aromatic carbocycles. The van der Waals surface area contributed by atoms with Crippen molar-refractivity contribution in [1.82, 2.24) is 5.32 Å². The summed E-state index contributed by atoms with van der Waals surface area (Å²) in [7, 11) is 0. The molecular formula is C15H23N3O2. The minimum Gasteiger partial charge on any atom is -0.381 e. The number of anilines is 2. The van der Waals surface area contributed by atoms with Crippen LogP contribution in [0.15, 0.2) is 24.3 Å². The monoisotopic (exact) mass is 277 g/mol. The van der Waals surface area contributed by atoms with Crippen LogP contribution in [0.25, 0.3) is 0 Å². The van der Waals surface area contributed by atoms with Crippen molar-refractivity contribution in [2.75, 3.05) is 49.6 Å².